The van der Waals surface area contributed by atoms with Crippen molar-refractivity contribution in [2.75, 3.05) is 11.9 Å². The van der Waals surface area contributed by atoms with Crippen molar-refractivity contribution in [1.29, 1.82) is 5.26 Å². The molecule has 2 aromatic rings. The predicted octanol–water partition coefficient (Wildman–Crippen LogP) is 1.62. The molecule has 1 amide bonds. The number of carbonyl (C=O) groups is 1. The van der Waals surface area contributed by atoms with Crippen LogP contribution in [0.15, 0.2) is 42.9 Å². The van der Waals surface area contributed by atoms with Crippen molar-refractivity contribution in [3.8, 4) is 6.07 Å². The molecule has 0 saturated carbocycles. The summed E-state index contributed by atoms with van der Waals surface area (Å²) in [4.78, 5) is 21.6. The molecule has 0 N–H and O–H groups in total. The summed E-state index contributed by atoms with van der Waals surface area (Å²) in [7, 11) is 1.61. The van der Waals surface area contributed by atoms with E-state index in [4.69, 9.17) is 5.26 Å². The first-order valence-electron chi connectivity index (χ1n) is 5.27. The summed E-state index contributed by atoms with van der Waals surface area (Å²) < 4.78 is 0. The molecule has 2 rings (SSSR count). The van der Waals surface area contributed by atoms with Gasteiger partial charge in [0.25, 0.3) is 5.91 Å². The van der Waals surface area contributed by atoms with Crippen LogP contribution in [0.25, 0.3) is 0 Å². The van der Waals surface area contributed by atoms with Crippen LogP contribution < -0.4 is 4.90 Å². The van der Waals surface area contributed by atoms with Crippen LogP contribution in [-0.2, 0) is 0 Å². The minimum absolute atomic E-state index is 0.271. The van der Waals surface area contributed by atoms with Gasteiger partial charge in [-0.1, -0.05) is 6.07 Å². The van der Waals surface area contributed by atoms with E-state index in [9.17, 15) is 4.79 Å². The standard InChI is InChI=1S/C13H10N4O/c1-17(12-4-2-3-6-16-12)13(18)11-9-15-7-5-10(11)8-14/h2-7,9H,1H3. The molecule has 0 saturated heterocycles. The lowest BCUT2D eigenvalue weighted by Crippen LogP contribution is -2.27. The SMILES string of the molecule is CN(C(=O)c1cnccc1C#N)c1ccccn1. The highest BCUT2D eigenvalue weighted by Crippen LogP contribution is 2.13. The number of anilines is 1. The first kappa shape index (κ1) is 11.7. The van der Waals surface area contributed by atoms with Crippen LogP contribution >= 0.6 is 0 Å². The molecule has 0 aliphatic heterocycles. The minimum Gasteiger partial charge on any atom is -0.296 e. The normalized spacial score (nSPS) is 9.56. The Morgan fingerprint density at radius 2 is 2.17 bits per heavy atom. The molecule has 2 heterocycles. The average molecular weight is 238 g/mol. The van der Waals surface area contributed by atoms with Crippen molar-refractivity contribution in [2.24, 2.45) is 0 Å². The predicted molar refractivity (Wildman–Crippen MR) is 65.9 cm³/mol. The third kappa shape index (κ3) is 2.18. The number of nitrogens with zero attached hydrogens (tertiary/aromatic N) is 4. The molecule has 18 heavy (non-hydrogen) atoms. The fourth-order valence-electron chi connectivity index (χ4n) is 1.50. The van der Waals surface area contributed by atoms with Gasteiger partial charge in [-0.05, 0) is 18.2 Å². The van der Waals surface area contributed by atoms with Gasteiger partial charge in [0, 0.05) is 25.6 Å². The Kier molecular flexibility index (Phi) is 3.30. The van der Waals surface area contributed by atoms with E-state index in [1.54, 1.807) is 31.4 Å². The number of pyridine rings is 2. The first-order valence-corrected chi connectivity index (χ1v) is 5.27. The van der Waals surface area contributed by atoms with Gasteiger partial charge in [0.15, 0.2) is 0 Å². The molecule has 0 unspecified atom stereocenters. The molecule has 88 valence electrons. The lowest BCUT2D eigenvalue weighted by molar-refractivity contribution is 0.0991. The van der Waals surface area contributed by atoms with Gasteiger partial charge >= 0.3 is 0 Å². The first-order chi connectivity index (χ1) is 8.74. The molecule has 0 aromatic carbocycles. The van der Waals surface area contributed by atoms with E-state index in [0.717, 1.165) is 0 Å². The number of rotatable bonds is 2. The molecule has 0 bridgehead atoms. The average Bonchev–Trinajstić information content (AvgIpc) is 2.46. The number of aromatic nitrogens is 2. The number of hydrogen-bond donors (Lipinski definition) is 0. The molecule has 0 aliphatic carbocycles. The second-order valence-corrected chi connectivity index (χ2v) is 3.59. The second kappa shape index (κ2) is 5.06. The third-order valence-corrected chi connectivity index (χ3v) is 2.47. The Bertz CT molecular complexity index is 604. The van der Waals surface area contributed by atoms with Gasteiger partial charge in [0.05, 0.1) is 11.1 Å². The summed E-state index contributed by atoms with van der Waals surface area (Å²) in [5.74, 6) is 0.216. The third-order valence-electron chi connectivity index (χ3n) is 2.47. The van der Waals surface area contributed by atoms with Gasteiger partial charge in [-0.2, -0.15) is 5.26 Å². The summed E-state index contributed by atoms with van der Waals surface area (Å²) in [6, 6.07) is 8.77. The molecule has 2 aromatic heterocycles. The maximum absolute atomic E-state index is 12.2. The van der Waals surface area contributed by atoms with Crippen molar-refractivity contribution in [2.45, 2.75) is 0 Å². The van der Waals surface area contributed by atoms with Crippen LogP contribution in [0.1, 0.15) is 15.9 Å². The van der Waals surface area contributed by atoms with Gasteiger partial charge in [0.1, 0.15) is 11.9 Å². The summed E-state index contributed by atoms with van der Waals surface area (Å²) in [6.45, 7) is 0. The highest BCUT2D eigenvalue weighted by molar-refractivity contribution is 6.06. The van der Waals surface area contributed by atoms with E-state index in [-0.39, 0.29) is 11.5 Å². The van der Waals surface area contributed by atoms with E-state index in [2.05, 4.69) is 9.97 Å². The molecule has 0 aliphatic rings. The Balaban J connectivity index is 2.35. The highest BCUT2D eigenvalue weighted by Gasteiger charge is 2.17. The largest absolute Gasteiger partial charge is 0.296 e. The summed E-state index contributed by atoms with van der Waals surface area (Å²) in [5, 5.41) is 8.96. The van der Waals surface area contributed by atoms with Crippen LogP contribution in [0.4, 0.5) is 5.82 Å². The van der Waals surface area contributed by atoms with Crippen LogP contribution in [0, 0.1) is 11.3 Å². The van der Waals surface area contributed by atoms with Gasteiger partial charge in [-0.3, -0.25) is 14.7 Å². The maximum atomic E-state index is 12.2. The topological polar surface area (TPSA) is 69.9 Å². The Labute approximate surface area is 104 Å². The molecule has 5 nitrogen and oxygen atoms in total. The fraction of sp³-hybridized carbons (Fsp3) is 0.0769. The highest BCUT2D eigenvalue weighted by atomic mass is 16.2. The van der Waals surface area contributed by atoms with Crippen molar-refractivity contribution >= 4 is 11.7 Å². The number of nitriles is 1. The zero-order valence-electron chi connectivity index (χ0n) is 9.74. The lowest BCUT2D eigenvalue weighted by Gasteiger charge is -2.16. The van der Waals surface area contributed by atoms with Crippen molar-refractivity contribution in [3.05, 3.63) is 54.0 Å². The zero-order valence-corrected chi connectivity index (χ0v) is 9.74. The van der Waals surface area contributed by atoms with Crippen LogP contribution in [-0.4, -0.2) is 22.9 Å². The molecular formula is C13H10N4O. The number of amides is 1. The van der Waals surface area contributed by atoms with Crippen LogP contribution in [0.2, 0.25) is 0 Å². The van der Waals surface area contributed by atoms with Crippen molar-refractivity contribution < 1.29 is 4.79 Å². The molecule has 5 heteroatoms. The number of hydrogen-bond acceptors (Lipinski definition) is 4. The molecule has 0 atom stereocenters. The fourth-order valence-corrected chi connectivity index (χ4v) is 1.50. The van der Waals surface area contributed by atoms with E-state index < -0.39 is 0 Å². The second-order valence-electron chi connectivity index (χ2n) is 3.59. The van der Waals surface area contributed by atoms with Gasteiger partial charge in [-0.25, -0.2) is 4.98 Å². The van der Waals surface area contributed by atoms with Crippen LogP contribution in [0.3, 0.4) is 0 Å². The minimum atomic E-state index is -0.307. The smallest absolute Gasteiger partial charge is 0.262 e. The Morgan fingerprint density at radius 3 is 2.83 bits per heavy atom. The van der Waals surface area contributed by atoms with Gasteiger partial charge in [0.2, 0.25) is 0 Å². The quantitative estimate of drug-likeness (QED) is 0.797. The van der Waals surface area contributed by atoms with E-state index in [1.807, 2.05) is 6.07 Å². The molecule has 0 radical (unpaired) electrons. The van der Waals surface area contributed by atoms with Crippen LogP contribution in [0.5, 0.6) is 0 Å². The zero-order chi connectivity index (χ0) is 13.0. The molecule has 0 fully saturated rings. The Morgan fingerprint density at radius 1 is 1.33 bits per heavy atom. The van der Waals surface area contributed by atoms with E-state index >= 15 is 0 Å². The van der Waals surface area contributed by atoms with Gasteiger partial charge < -0.3 is 0 Å². The lowest BCUT2D eigenvalue weighted by atomic mass is 10.1. The molecular weight excluding hydrogens is 228 g/mol. The van der Waals surface area contributed by atoms with E-state index in [1.165, 1.54) is 23.4 Å². The molecule has 0 spiro atoms. The Hall–Kier alpha value is -2.74. The monoisotopic (exact) mass is 238 g/mol. The van der Waals surface area contributed by atoms with Crippen molar-refractivity contribution in [3.63, 3.8) is 0 Å². The van der Waals surface area contributed by atoms with E-state index in [0.29, 0.717) is 11.4 Å². The number of carbonyl (C=O) groups excluding carboxylic acids is 1. The summed E-state index contributed by atoms with van der Waals surface area (Å²) in [5.41, 5.74) is 0.575. The van der Waals surface area contributed by atoms with Gasteiger partial charge in [-0.15, -0.1) is 0 Å². The maximum Gasteiger partial charge on any atom is 0.262 e. The summed E-state index contributed by atoms with van der Waals surface area (Å²) >= 11 is 0. The van der Waals surface area contributed by atoms with Crippen molar-refractivity contribution in [1.82, 2.24) is 9.97 Å². The summed E-state index contributed by atoms with van der Waals surface area (Å²) in [6.07, 6.45) is 4.48.